The minimum atomic E-state index is -0.407. The number of carbonyl (C=O) groups excluding carboxylic acids is 1. The highest BCUT2D eigenvalue weighted by atomic mass is 16.5. The maximum Gasteiger partial charge on any atom is 0.314 e. The van der Waals surface area contributed by atoms with E-state index in [1.807, 2.05) is 65.3 Å². The number of imidazole rings is 1. The number of aromatic nitrogens is 2. The number of carbonyl (C=O) groups is 1. The first-order valence-electron chi connectivity index (χ1n) is 8.27. The Morgan fingerprint density at radius 3 is 2.72 bits per heavy atom. The Hall–Kier alpha value is -2.95. The second-order valence-electron chi connectivity index (χ2n) is 5.73. The van der Waals surface area contributed by atoms with Gasteiger partial charge in [0.15, 0.2) is 0 Å². The Balaban J connectivity index is 2.18. The second-order valence-corrected chi connectivity index (χ2v) is 5.73. The van der Waals surface area contributed by atoms with Gasteiger partial charge in [-0.05, 0) is 31.2 Å². The van der Waals surface area contributed by atoms with Gasteiger partial charge in [-0.25, -0.2) is 4.98 Å². The van der Waals surface area contributed by atoms with Gasteiger partial charge in [-0.2, -0.15) is 0 Å². The normalized spacial score (nSPS) is 12.6. The van der Waals surface area contributed by atoms with E-state index in [2.05, 4.69) is 4.99 Å². The minimum absolute atomic E-state index is 0.257. The number of ether oxygens (including phenoxy) is 1. The lowest BCUT2D eigenvalue weighted by molar-refractivity contribution is -0.142. The molecule has 0 saturated heterocycles. The Kier molecular flexibility index (Phi) is 5.23. The summed E-state index contributed by atoms with van der Waals surface area (Å²) in [5.41, 5.74) is 3.47. The van der Waals surface area contributed by atoms with E-state index in [0.29, 0.717) is 12.8 Å². The SMILES string of the molecule is CN=CCCC(C(=O)OC)c1c(-c2ccccc2)nc2ccccn12. The van der Waals surface area contributed by atoms with E-state index in [9.17, 15) is 4.79 Å². The third-order valence-electron chi connectivity index (χ3n) is 4.20. The number of methoxy groups -OCH3 is 1. The number of fused-ring (bicyclic) bond motifs is 1. The summed E-state index contributed by atoms with van der Waals surface area (Å²) in [6.07, 6.45) is 5.08. The molecule has 5 heteroatoms. The molecule has 3 aromatic rings. The zero-order valence-corrected chi connectivity index (χ0v) is 14.4. The van der Waals surface area contributed by atoms with Crippen molar-refractivity contribution in [3.63, 3.8) is 0 Å². The summed E-state index contributed by atoms with van der Waals surface area (Å²) in [5.74, 6) is -0.664. The van der Waals surface area contributed by atoms with Crippen molar-refractivity contribution in [2.24, 2.45) is 4.99 Å². The Morgan fingerprint density at radius 1 is 1.24 bits per heavy atom. The summed E-state index contributed by atoms with van der Waals surface area (Å²) >= 11 is 0. The van der Waals surface area contributed by atoms with E-state index < -0.39 is 5.92 Å². The van der Waals surface area contributed by atoms with Crippen molar-refractivity contribution < 1.29 is 9.53 Å². The third-order valence-corrected chi connectivity index (χ3v) is 4.20. The molecule has 0 amide bonds. The van der Waals surface area contributed by atoms with Crippen molar-refractivity contribution in [3.05, 3.63) is 60.4 Å². The number of hydrogen-bond acceptors (Lipinski definition) is 4. The number of pyridine rings is 1. The van der Waals surface area contributed by atoms with E-state index in [1.54, 1.807) is 7.05 Å². The quantitative estimate of drug-likeness (QED) is 0.509. The first-order chi connectivity index (χ1) is 12.3. The van der Waals surface area contributed by atoms with Gasteiger partial charge in [0, 0.05) is 18.8 Å². The molecule has 5 nitrogen and oxygen atoms in total. The molecule has 0 radical (unpaired) electrons. The van der Waals surface area contributed by atoms with Gasteiger partial charge in [0.2, 0.25) is 0 Å². The van der Waals surface area contributed by atoms with Gasteiger partial charge >= 0.3 is 5.97 Å². The summed E-state index contributed by atoms with van der Waals surface area (Å²) in [4.78, 5) is 21.3. The maximum absolute atomic E-state index is 12.5. The van der Waals surface area contributed by atoms with E-state index in [0.717, 1.165) is 22.6 Å². The number of nitrogens with zero attached hydrogens (tertiary/aromatic N) is 3. The first-order valence-corrected chi connectivity index (χ1v) is 8.27. The molecule has 0 saturated carbocycles. The van der Waals surface area contributed by atoms with Crippen LogP contribution >= 0.6 is 0 Å². The van der Waals surface area contributed by atoms with Gasteiger partial charge in [0.25, 0.3) is 0 Å². The number of benzene rings is 1. The van der Waals surface area contributed by atoms with Crippen LogP contribution in [0.5, 0.6) is 0 Å². The van der Waals surface area contributed by atoms with Gasteiger partial charge in [-0.3, -0.25) is 4.79 Å². The Morgan fingerprint density at radius 2 is 2.00 bits per heavy atom. The van der Waals surface area contributed by atoms with E-state index >= 15 is 0 Å². The number of aliphatic imine (C=N–C) groups is 1. The lowest BCUT2D eigenvalue weighted by atomic mass is 9.95. The van der Waals surface area contributed by atoms with Gasteiger partial charge in [0.05, 0.1) is 24.4 Å². The molecule has 2 aromatic heterocycles. The lowest BCUT2D eigenvalue weighted by Gasteiger charge is -2.15. The summed E-state index contributed by atoms with van der Waals surface area (Å²) in [7, 11) is 3.16. The molecule has 128 valence electrons. The van der Waals surface area contributed by atoms with Crippen molar-refractivity contribution in [2.75, 3.05) is 14.2 Å². The average Bonchev–Trinajstić information content (AvgIpc) is 3.05. The summed E-state index contributed by atoms with van der Waals surface area (Å²) < 4.78 is 7.06. The van der Waals surface area contributed by atoms with Crippen LogP contribution in [0.2, 0.25) is 0 Å². The molecule has 3 rings (SSSR count). The van der Waals surface area contributed by atoms with Gasteiger partial charge in [0.1, 0.15) is 5.65 Å². The molecular formula is C20H21N3O2. The number of hydrogen-bond donors (Lipinski definition) is 0. The van der Waals surface area contributed by atoms with Crippen molar-refractivity contribution in [1.82, 2.24) is 9.38 Å². The summed E-state index contributed by atoms with van der Waals surface area (Å²) in [6, 6.07) is 15.7. The molecule has 2 heterocycles. The Labute approximate surface area is 147 Å². The lowest BCUT2D eigenvalue weighted by Crippen LogP contribution is -2.17. The van der Waals surface area contributed by atoms with E-state index in [-0.39, 0.29) is 5.97 Å². The van der Waals surface area contributed by atoms with Crippen LogP contribution in [-0.2, 0) is 9.53 Å². The molecule has 0 bridgehead atoms. The monoisotopic (exact) mass is 335 g/mol. The molecule has 0 aliphatic rings. The minimum Gasteiger partial charge on any atom is -0.469 e. The van der Waals surface area contributed by atoms with Crippen LogP contribution in [-0.4, -0.2) is 35.7 Å². The predicted molar refractivity (Wildman–Crippen MR) is 99.0 cm³/mol. The van der Waals surface area contributed by atoms with Crippen molar-refractivity contribution in [1.29, 1.82) is 0 Å². The molecular weight excluding hydrogens is 314 g/mol. The van der Waals surface area contributed by atoms with Crippen LogP contribution in [0.25, 0.3) is 16.9 Å². The fourth-order valence-electron chi connectivity index (χ4n) is 3.03. The van der Waals surface area contributed by atoms with E-state index in [4.69, 9.17) is 9.72 Å². The smallest absolute Gasteiger partial charge is 0.314 e. The van der Waals surface area contributed by atoms with Gasteiger partial charge in [-0.1, -0.05) is 36.4 Å². The van der Waals surface area contributed by atoms with Crippen molar-refractivity contribution in [3.8, 4) is 11.3 Å². The number of rotatable bonds is 6. The number of esters is 1. The highest BCUT2D eigenvalue weighted by Gasteiger charge is 2.28. The molecule has 0 aliphatic carbocycles. The van der Waals surface area contributed by atoms with Crippen LogP contribution in [0, 0.1) is 0 Å². The zero-order valence-electron chi connectivity index (χ0n) is 14.4. The molecule has 1 atom stereocenters. The zero-order chi connectivity index (χ0) is 17.6. The molecule has 25 heavy (non-hydrogen) atoms. The Bertz CT molecular complexity index is 884. The van der Waals surface area contributed by atoms with Crippen LogP contribution in [0.1, 0.15) is 24.5 Å². The molecule has 1 unspecified atom stereocenters. The topological polar surface area (TPSA) is 56.0 Å². The molecule has 0 spiro atoms. The van der Waals surface area contributed by atoms with Crippen LogP contribution in [0.3, 0.4) is 0 Å². The van der Waals surface area contributed by atoms with Crippen molar-refractivity contribution >= 4 is 17.8 Å². The highest BCUT2D eigenvalue weighted by Crippen LogP contribution is 2.33. The van der Waals surface area contributed by atoms with Crippen LogP contribution in [0.15, 0.2) is 59.7 Å². The molecule has 0 fully saturated rings. The maximum atomic E-state index is 12.5. The molecule has 0 aliphatic heterocycles. The predicted octanol–water partition coefficient (Wildman–Crippen LogP) is 3.74. The summed E-state index contributed by atoms with van der Waals surface area (Å²) in [5, 5.41) is 0. The largest absolute Gasteiger partial charge is 0.469 e. The van der Waals surface area contributed by atoms with Crippen LogP contribution in [0.4, 0.5) is 0 Å². The second kappa shape index (κ2) is 7.75. The fraction of sp³-hybridized carbons (Fsp3) is 0.250. The van der Waals surface area contributed by atoms with Crippen LogP contribution < -0.4 is 0 Å². The van der Waals surface area contributed by atoms with Gasteiger partial charge < -0.3 is 14.1 Å². The first kappa shape index (κ1) is 16.9. The standard InChI is InChI=1S/C20H21N3O2/c1-21-13-8-11-16(20(24)25-2)19-18(15-9-4-3-5-10-15)22-17-12-6-7-14-23(17)19/h3-7,9-10,12-14,16H,8,11H2,1-2H3. The third kappa shape index (κ3) is 3.45. The highest BCUT2D eigenvalue weighted by molar-refractivity contribution is 5.82. The van der Waals surface area contributed by atoms with Gasteiger partial charge in [-0.15, -0.1) is 0 Å². The molecule has 0 N–H and O–H groups in total. The molecule has 1 aromatic carbocycles. The average molecular weight is 335 g/mol. The van der Waals surface area contributed by atoms with E-state index in [1.165, 1.54) is 7.11 Å². The summed E-state index contributed by atoms with van der Waals surface area (Å²) in [6.45, 7) is 0. The van der Waals surface area contributed by atoms with Crippen molar-refractivity contribution in [2.45, 2.75) is 18.8 Å². The fourth-order valence-corrected chi connectivity index (χ4v) is 3.03.